The molecule has 24 heavy (non-hydrogen) atoms. The van der Waals surface area contributed by atoms with Crippen LogP contribution in [0.25, 0.3) is 0 Å². The van der Waals surface area contributed by atoms with Gasteiger partial charge in [0.2, 0.25) is 0 Å². The first kappa shape index (κ1) is 17.1. The van der Waals surface area contributed by atoms with Crippen LogP contribution in [0.2, 0.25) is 0 Å². The molecule has 130 valence electrons. The predicted octanol–water partition coefficient (Wildman–Crippen LogP) is 5.15. The Kier molecular flexibility index (Phi) is 4.97. The number of rotatable bonds is 6. The summed E-state index contributed by atoms with van der Waals surface area (Å²) in [7, 11) is 0. The number of allylic oxidation sites excluding steroid dienone is 1. The Hall–Kier alpha value is -1.78. The van der Waals surface area contributed by atoms with E-state index in [0.717, 1.165) is 18.4 Å². The SMILES string of the molecule is O=C1CC(CCCC(F)(F)F)OC=C1C(c1ccccc1)C1CC1. The van der Waals surface area contributed by atoms with Crippen molar-refractivity contribution in [3.63, 3.8) is 0 Å². The highest BCUT2D eigenvalue weighted by atomic mass is 19.4. The second-order valence-electron chi connectivity index (χ2n) is 6.69. The largest absolute Gasteiger partial charge is 0.497 e. The minimum Gasteiger partial charge on any atom is -0.497 e. The lowest BCUT2D eigenvalue weighted by molar-refractivity contribution is -0.136. The van der Waals surface area contributed by atoms with E-state index < -0.39 is 18.7 Å². The summed E-state index contributed by atoms with van der Waals surface area (Å²) in [4.78, 5) is 12.5. The van der Waals surface area contributed by atoms with Crippen LogP contribution in [0.4, 0.5) is 13.2 Å². The minimum absolute atomic E-state index is 0.00460. The van der Waals surface area contributed by atoms with Gasteiger partial charge in [-0.3, -0.25) is 4.79 Å². The normalized spacial score (nSPS) is 22.7. The molecule has 1 saturated carbocycles. The van der Waals surface area contributed by atoms with Gasteiger partial charge < -0.3 is 4.74 Å². The van der Waals surface area contributed by atoms with Crippen molar-refractivity contribution in [2.75, 3.05) is 0 Å². The van der Waals surface area contributed by atoms with Gasteiger partial charge in [-0.05, 0) is 37.2 Å². The van der Waals surface area contributed by atoms with Crippen molar-refractivity contribution in [1.82, 2.24) is 0 Å². The fourth-order valence-electron chi connectivity index (χ4n) is 3.35. The zero-order chi connectivity index (χ0) is 17.2. The van der Waals surface area contributed by atoms with Crippen molar-refractivity contribution in [2.45, 2.75) is 56.7 Å². The molecule has 0 N–H and O–H groups in total. The van der Waals surface area contributed by atoms with Gasteiger partial charge in [-0.1, -0.05) is 30.3 Å². The van der Waals surface area contributed by atoms with E-state index in [1.54, 1.807) is 0 Å². The molecule has 2 atom stereocenters. The van der Waals surface area contributed by atoms with Crippen molar-refractivity contribution < 1.29 is 22.7 Å². The monoisotopic (exact) mass is 338 g/mol. The number of halogens is 3. The smallest absolute Gasteiger partial charge is 0.389 e. The van der Waals surface area contributed by atoms with Crippen LogP contribution in [0.15, 0.2) is 42.2 Å². The van der Waals surface area contributed by atoms with Gasteiger partial charge in [0, 0.05) is 24.3 Å². The maximum atomic E-state index is 12.5. The Labute approximate surface area is 139 Å². The number of ether oxygens (including phenoxy) is 1. The van der Waals surface area contributed by atoms with Gasteiger partial charge >= 0.3 is 6.18 Å². The molecule has 2 aliphatic rings. The highest BCUT2D eigenvalue weighted by Gasteiger charge is 2.39. The Morgan fingerprint density at radius 2 is 1.88 bits per heavy atom. The summed E-state index contributed by atoms with van der Waals surface area (Å²) >= 11 is 0. The third-order valence-electron chi connectivity index (χ3n) is 4.70. The molecular weight excluding hydrogens is 317 g/mol. The van der Waals surface area contributed by atoms with Crippen LogP contribution < -0.4 is 0 Å². The zero-order valence-electron chi connectivity index (χ0n) is 13.4. The lowest BCUT2D eigenvalue weighted by atomic mass is 9.83. The van der Waals surface area contributed by atoms with Crippen LogP contribution in [-0.2, 0) is 9.53 Å². The number of Topliss-reactive ketones (excluding diaryl/α,β-unsaturated/α-hetero) is 1. The van der Waals surface area contributed by atoms with E-state index in [0.29, 0.717) is 11.5 Å². The lowest BCUT2D eigenvalue weighted by Crippen LogP contribution is -2.26. The van der Waals surface area contributed by atoms with Gasteiger partial charge in [0.05, 0.1) is 6.26 Å². The van der Waals surface area contributed by atoms with Crippen LogP contribution in [0.1, 0.15) is 50.0 Å². The summed E-state index contributed by atoms with van der Waals surface area (Å²) < 4.78 is 42.3. The third-order valence-corrected chi connectivity index (χ3v) is 4.70. The number of hydrogen-bond donors (Lipinski definition) is 0. The molecule has 3 rings (SSSR count). The van der Waals surface area contributed by atoms with E-state index in [1.165, 1.54) is 6.26 Å². The van der Waals surface area contributed by atoms with Gasteiger partial charge in [0.1, 0.15) is 6.10 Å². The minimum atomic E-state index is -4.15. The summed E-state index contributed by atoms with van der Waals surface area (Å²) in [5.74, 6) is 0.529. The van der Waals surface area contributed by atoms with E-state index >= 15 is 0 Å². The second-order valence-corrected chi connectivity index (χ2v) is 6.69. The topological polar surface area (TPSA) is 26.3 Å². The van der Waals surface area contributed by atoms with Gasteiger partial charge in [-0.2, -0.15) is 13.2 Å². The molecule has 1 aromatic carbocycles. The van der Waals surface area contributed by atoms with E-state index in [-0.39, 0.29) is 31.0 Å². The molecule has 0 amide bonds. The second kappa shape index (κ2) is 6.99. The van der Waals surface area contributed by atoms with Crippen LogP contribution >= 0.6 is 0 Å². The molecule has 2 unspecified atom stereocenters. The van der Waals surface area contributed by atoms with E-state index in [4.69, 9.17) is 4.74 Å². The average molecular weight is 338 g/mol. The number of benzene rings is 1. The van der Waals surface area contributed by atoms with Crippen molar-refractivity contribution in [3.05, 3.63) is 47.7 Å². The van der Waals surface area contributed by atoms with Crippen LogP contribution in [0.3, 0.4) is 0 Å². The molecule has 1 heterocycles. The van der Waals surface area contributed by atoms with Gasteiger partial charge in [0.25, 0.3) is 0 Å². The first-order valence-corrected chi connectivity index (χ1v) is 8.44. The Morgan fingerprint density at radius 1 is 1.17 bits per heavy atom. The highest BCUT2D eigenvalue weighted by molar-refractivity contribution is 5.97. The summed E-state index contributed by atoms with van der Waals surface area (Å²) in [6.07, 6.45) is -1.27. The zero-order valence-corrected chi connectivity index (χ0v) is 13.4. The molecule has 0 bridgehead atoms. The molecule has 1 fully saturated rings. The Morgan fingerprint density at radius 3 is 2.46 bits per heavy atom. The van der Waals surface area contributed by atoms with Crippen molar-refractivity contribution in [2.24, 2.45) is 5.92 Å². The standard InChI is InChI=1S/C19H21F3O2/c20-19(21,22)10-4-7-15-11-17(23)16(12-24-15)18(14-8-9-14)13-5-2-1-3-6-13/h1-3,5-6,12,14-15,18H,4,7-11H2. The number of carbonyl (C=O) groups is 1. The first-order valence-electron chi connectivity index (χ1n) is 8.44. The van der Waals surface area contributed by atoms with Gasteiger partial charge in [-0.15, -0.1) is 0 Å². The van der Waals surface area contributed by atoms with Crippen molar-refractivity contribution >= 4 is 5.78 Å². The molecule has 0 radical (unpaired) electrons. The molecule has 1 aliphatic carbocycles. The van der Waals surface area contributed by atoms with Gasteiger partial charge in [0.15, 0.2) is 5.78 Å². The molecule has 0 aromatic heterocycles. The number of hydrogen-bond acceptors (Lipinski definition) is 2. The summed E-state index contributed by atoms with van der Waals surface area (Å²) in [6, 6.07) is 9.90. The first-order chi connectivity index (χ1) is 11.4. The molecule has 0 spiro atoms. The Balaban J connectivity index is 1.65. The fraction of sp³-hybridized carbons (Fsp3) is 0.526. The maximum absolute atomic E-state index is 12.5. The number of ketones is 1. The maximum Gasteiger partial charge on any atom is 0.389 e. The molecule has 1 aliphatic heterocycles. The quantitative estimate of drug-likeness (QED) is 0.716. The highest BCUT2D eigenvalue weighted by Crippen LogP contribution is 2.47. The lowest BCUT2D eigenvalue weighted by Gasteiger charge is -2.27. The summed E-state index contributed by atoms with van der Waals surface area (Å²) in [6.45, 7) is 0. The summed E-state index contributed by atoms with van der Waals surface area (Å²) in [5, 5.41) is 0. The molecular formula is C19H21F3O2. The molecule has 1 aromatic rings. The van der Waals surface area contributed by atoms with E-state index in [1.807, 2.05) is 30.3 Å². The van der Waals surface area contributed by atoms with Gasteiger partial charge in [-0.25, -0.2) is 0 Å². The number of carbonyl (C=O) groups excluding carboxylic acids is 1. The van der Waals surface area contributed by atoms with E-state index in [2.05, 4.69) is 0 Å². The molecule has 2 nitrogen and oxygen atoms in total. The summed E-state index contributed by atoms with van der Waals surface area (Å²) in [5.41, 5.74) is 1.79. The van der Waals surface area contributed by atoms with Crippen molar-refractivity contribution in [3.8, 4) is 0 Å². The average Bonchev–Trinajstić information content (AvgIpc) is 3.34. The Bertz CT molecular complexity index is 603. The van der Waals surface area contributed by atoms with Crippen LogP contribution in [0, 0.1) is 5.92 Å². The predicted molar refractivity (Wildman–Crippen MR) is 84.4 cm³/mol. The van der Waals surface area contributed by atoms with Crippen molar-refractivity contribution in [1.29, 1.82) is 0 Å². The third kappa shape index (κ3) is 4.40. The fourth-order valence-corrected chi connectivity index (χ4v) is 3.35. The van der Waals surface area contributed by atoms with Crippen LogP contribution in [-0.4, -0.2) is 18.1 Å². The molecule has 5 heteroatoms. The molecule has 0 saturated heterocycles. The van der Waals surface area contributed by atoms with Crippen LogP contribution in [0.5, 0.6) is 0 Å². The van der Waals surface area contributed by atoms with E-state index in [9.17, 15) is 18.0 Å². The number of alkyl halides is 3.